The van der Waals surface area contributed by atoms with Gasteiger partial charge in [-0.25, -0.2) is 0 Å². The highest BCUT2D eigenvalue weighted by Gasteiger charge is 2.20. The Balaban J connectivity index is 2.17. The molecule has 1 atom stereocenters. The first-order valence-corrected chi connectivity index (χ1v) is 10.2. The smallest absolute Gasteiger partial charge is 0.0653 e. The van der Waals surface area contributed by atoms with Gasteiger partial charge >= 0.3 is 0 Å². The molecule has 0 aliphatic carbocycles. The van der Waals surface area contributed by atoms with Crippen molar-refractivity contribution in [3.8, 4) is 0 Å². The summed E-state index contributed by atoms with van der Waals surface area (Å²) < 4.78 is 4.44. The molecule has 0 fully saturated rings. The molecule has 4 nitrogen and oxygen atoms in total. The van der Waals surface area contributed by atoms with Crippen molar-refractivity contribution in [3.05, 3.63) is 34.9 Å². The zero-order valence-electron chi connectivity index (χ0n) is 18.3. The first-order valence-electron chi connectivity index (χ1n) is 10.2. The van der Waals surface area contributed by atoms with Crippen LogP contribution in [0, 0.1) is 0 Å². The number of aromatic nitrogens is 4. The first-order chi connectivity index (χ1) is 12.0. The quantitative estimate of drug-likeness (QED) is 0.623. The monoisotopic (exact) mass is 358 g/mol. The molecule has 0 bridgehead atoms. The van der Waals surface area contributed by atoms with Gasteiger partial charge in [-0.05, 0) is 70.9 Å². The van der Waals surface area contributed by atoms with Crippen molar-refractivity contribution in [3.63, 3.8) is 0 Å². The van der Waals surface area contributed by atoms with Crippen molar-refractivity contribution in [2.24, 2.45) is 0 Å². The lowest BCUT2D eigenvalue weighted by Crippen LogP contribution is -2.25. The van der Waals surface area contributed by atoms with Gasteiger partial charge in [-0.3, -0.25) is 9.36 Å². The molecule has 0 saturated carbocycles. The topological polar surface area (TPSA) is 35.6 Å². The molecule has 0 N–H and O–H groups in total. The highest BCUT2D eigenvalue weighted by atomic mass is 15.3. The highest BCUT2D eigenvalue weighted by molar-refractivity contribution is 5.17. The summed E-state index contributed by atoms with van der Waals surface area (Å²) in [5.41, 5.74) is 5.10. The zero-order chi connectivity index (χ0) is 19.6. The van der Waals surface area contributed by atoms with E-state index in [1.165, 1.54) is 22.8 Å². The Hall–Kier alpha value is -1.58. The van der Waals surface area contributed by atoms with E-state index in [9.17, 15) is 0 Å². The second kappa shape index (κ2) is 7.98. The zero-order valence-corrected chi connectivity index (χ0v) is 18.3. The van der Waals surface area contributed by atoms with E-state index < -0.39 is 0 Å². The van der Waals surface area contributed by atoms with Crippen LogP contribution in [0.2, 0.25) is 0 Å². The van der Waals surface area contributed by atoms with Crippen LogP contribution in [0.15, 0.2) is 12.1 Å². The molecule has 0 saturated heterocycles. The fraction of sp³-hybridized carbons (Fsp3) is 0.727. The van der Waals surface area contributed by atoms with Crippen molar-refractivity contribution in [1.29, 1.82) is 0 Å². The van der Waals surface area contributed by atoms with E-state index in [1.807, 2.05) is 0 Å². The summed E-state index contributed by atoms with van der Waals surface area (Å²) >= 11 is 0. The third-order valence-electron chi connectivity index (χ3n) is 5.03. The van der Waals surface area contributed by atoms with Crippen molar-refractivity contribution >= 4 is 0 Å². The second-order valence-electron chi connectivity index (χ2n) is 9.20. The van der Waals surface area contributed by atoms with E-state index >= 15 is 0 Å². The maximum Gasteiger partial charge on any atom is 0.0653 e. The molecular formula is C22H38N4. The van der Waals surface area contributed by atoms with Gasteiger partial charge in [0.1, 0.15) is 0 Å². The average molecular weight is 359 g/mol. The molecule has 26 heavy (non-hydrogen) atoms. The molecule has 146 valence electrons. The molecule has 2 aromatic rings. The first kappa shape index (κ1) is 20.7. The molecule has 0 amide bonds. The van der Waals surface area contributed by atoms with Gasteiger partial charge in [0.25, 0.3) is 0 Å². The minimum atomic E-state index is 0.0359. The summed E-state index contributed by atoms with van der Waals surface area (Å²) in [5, 5.41) is 9.81. The summed E-state index contributed by atoms with van der Waals surface area (Å²) in [6.07, 6.45) is 3.07. The lowest BCUT2D eigenvalue weighted by Gasteiger charge is -2.22. The van der Waals surface area contributed by atoms with E-state index in [2.05, 4.69) is 83.8 Å². The summed E-state index contributed by atoms with van der Waals surface area (Å²) in [7, 11) is 0. The summed E-state index contributed by atoms with van der Waals surface area (Å²) in [5.74, 6) is 0.958. The molecule has 1 unspecified atom stereocenters. The molecule has 4 heteroatoms. The van der Waals surface area contributed by atoms with Gasteiger partial charge < -0.3 is 0 Å². The number of rotatable bonds is 7. The van der Waals surface area contributed by atoms with Gasteiger partial charge in [0.2, 0.25) is 0 Å². The lowest BCUT2D eigenvalue weighted by atomic mass is 10.1. The molecule has 0 aliphatic rings. The molecule has 0 aromatic carbocycles. The van der Waals surface area contributed by atoms with E-state index in [4.69, 9.17) is 10.2 Å². The Morgan fingerprint density at radius 3 is 2.08 bits per heavy atom. The van der Waals surface area contributed by atoms with Gasteiger partial charge in [-0.15, -0.1) is 0 Å². The highest BCUT2D eigenvalue weighted by Crippen LogP contribution is 2.26. The summed E-state index contributed by atoms with van der Waals surface area (Å²) in [6, 6.07) is 4.95. The number of nitrogens with zero attached hydrogens (tertiary/aromatic N) is 4. The van der Waals surface area contributed by atoms with Crippen LogP contribution in [-0.2, 0) is 18.4 Å². The van der Waals surface area contributed by atoms with Crippen LogP contribution >= 0.6 is 0 Å². The van der Waals surface area contributed by atoms with Crippen molar-refractivity contribution < 1.29 is 0 Å². The minimum Gasteiger partial charge on any atom is -0.266 e. The van der Waals surface area contributed by atoms with Crippen LogP contribution in [-0.4, -0.2) is 19.6 Å². The van der Waals surface area contributed by atoms with Gasteiger partial charge in [0.05, 0.1) is 16.9 Å². The van der Waals surface area contributed by atoms with Crippen LogP contribution in [0.3, 0.4) is 0 Å². The molecule has 0 aliphatic heterocycles. The molecule has 2 rings (SSSR count). The minimum absolute atomic E-state index is 0.0359. The van der Waals surface area contributed by atoms with E-state index in [1.54, 1.807) is 0 Å². The maximum absolute atomic E-state index is 4.91. The van der Waals surface area contributed by atoms with Crippen molar-refractivity contribution in [2.75, 3.05) is 0 Å². The maximum atomic E-state index is 4.91. The number of hydrogen-bond acceptors (Lipinski definition) is 2. The van der Waals surface area contributed by atoms with Gasteiger partial charge in [-0.2, -0.15) is 10.2 Å². The fourth-order valence-electron chi connectivity index (χ4n) is 3.40. The summed E-state index contributed by atoms with van der Waals surface area (Å²) in [6.45, 7) is 20.1. The van der Waals surface area contributed by atoms with Crippen LogP contribution < -0.4 is 0 Å². The van der Waals surface area contributed by atoms with E-state index in [0.717, 1.165) is 19.3 Å². The van der Waals surface area contributed by atoms with Gasteiger partial charge in [0, 0.05) is 17.4 Å². The van der Waals surface area contributed by atoms with Crippen molar-refractivity contribution in [2.45, 2.75) is 105 Å². The largest absolute Gasteiger partial charge is 0.266 e. The predicted octanol–water partition coefficient (Wildman–Crippen LogP) is 5.84. The average Bonchev–Trinajstić information content (AvgIpc) is 3.16. The standard InChI is InChI=1S/C22H38N4/c1-10-19-13-18(23-26(19)22(7,8)9)12-11-17(6)25-21(16(4)5)14-20(24-25)15(2)3/h13-17H,10-12H2,1-9H3. The fourth-order valence-corrected chi connectivity index (χ4v) is 3.40. The molecule has 0 spiro atoms. The second-order valence-corrected chi connectivity index (χ2v) is 9.20. The normalized spacial score (nSPS) is 13.8. The Morgan fingerprint density at radius 1 is 0.962 bits per heavy atom. The SMILES string of the molecule is CCc1cc(CCC(C)n2nc(C(C)C)cc2C(C)C)nn1C(C)(C)C. The van der Waals surface area contributed by atoms with E-state index in [0.29, 0.717) is 17.9 Å². The Kier molecular flexibility index (Phi) is 6.36. The number of aryl methyl sites for hydroxylation is 2. The molecule has 0 radical (unpaired) electrons. The van der Waals surface area contributed by atoms with Crippen LogP contribution in [0.25, 0.3) is 0 Å². The Bertz CT molecular complexity index is 713. The van der Waals surface area contributed by atoms with Gasteiger partial charge in [0.15, 0.2) is 0 Å². The predicted molar refractivity (Wildman–Crippen MR) is 110 cm³/mol. The summed E-state index contributed by atoms with van der Waals surface area (Å²) in [4.78, 5) is 0. The lowest BCUT2D eigenvalue weighted by molar-refractivity contribution is 0.341. The third-order valence-corrected chi connectivity index (χ3v) is 5.03. The molecular weight excluding hydrogens is 320 g/mol. The molecule has 2 aromatic heterocycles. The Labute approximate surface area is 160 Å². The third kappa shape index (κ3) is 4.57. The van der Waals surface area contributed by atoms with Crippen LogP contribution in [0.5, 0.6) is 0 Å². The van der Waals surface area contributed by atoms with Crippen LogP contribution in [0.4, 0.5) is 0 Å². The Morgan fingerprint density at radius 2 is 1.62 bits per heavy atom. The number of hydrogen-bond donors (Lipinski definition) is 0. The van der Waals surface area contributed by atoms with E-state index in [-0.39, 0.29) is 5.54 Å². The van der Waals surface area contributed by atoms with Crippen LogP contribution in [0.1, 0.15) is 109 Å². The molecule has 2 heterocycles. The van der Waals surface area contributed by atoms with Gasteiger partial charge in [-0.1, -0.05) is 34.6 Å². The van der Waals surface area contributed by atoms with Crippen molar-refractivity contribution in [1.82, 2.24) is 19.6 Å².